The summed E-state index contributed by atoms with van der Waals surface area (Å²) in [7, 11) is -5.24. The van der Waals surface area contributed by atoms with Gasteiger partial charge < -0.3 is 4.55 Å². The average molecular weight is 248 g/mol. The molecule has 0 heterocycles. The molecule has 0 aliphatic heterocycles. The zero-order valence-electron chi connectivity index (χ0n) is 6.64. The van der Waals surface area contributed by atoms with Crippen LogP contribution in [-0.4, -0.2) is 24.7 Å². The van der Waals surface area contributed by atoms with Gasteiger partial charge in [0.2, 0.25) is 0 Å². The summed E-state index contributed by atoms with van der Waals surface area (Å²) in [6.07, 6.45) is -7.60. The first-order chi connectivity index (χ1) is 5.13. The third kappa shape index (κ3) is 9.57. The monoisotopic (exact) mass is 248 g/mol. The zero-order chi connectivity index (χ0) is 9.99. The van der Waals surface area contributed by atoms with Crippen molar-refractivity contribution < 1.29 is 81.9 Å². The van der Waals surface area contributed by atoms with Crippen molar-refractivity contribution in [3.8, 4) is 0 Å². The zero-order valence-corrected chi connectivity index (χ0v) is 10.6. The first kappa shape index (κ1) is 16.7. The molecule has 0 spiro atoms. The van der Waals surface area contributed by atoms with E-state index in [0.29, 0.717) is 0 Å². The molecular weight excluding hydrogens is 243 g/mol. The second-order valence-electron chi connectivity index (χ2n) is 2.06. The van der Waals surface area contributed by atoms with E-state index in [1.54, 1.807) is 0 Å². The molecule has 0 amide bonds. The standard InChI is InChI=1S/C4H6F4O3S.K/c5-3(12(9,10)11)1-2-4(6,7)8;/h3H,1-2H2,(H,9,10,11);/q;+1/p-1. The van der Waals surface area contributed by atoms with Gasteiger partial charge in [0, 0.05) is 12.8 Å². The molecule has 0 fully saturated rings. The van der Waals surface area contributed by atoms with Crippen LogP contribution in [0.1, 0.15) is 12.8 Å². The molecule has 0 aromatic rings. The van der Waals surface area contributed by atoms with E-state index in [2.05, 4.69) is 0 Å². The maximum atomic E-state index is 12.0. The third-order valence-electron chi connectivity index (χ3n) is 0.968. The van der Waals surface area contributed by atoms with Crippen molar-refractivity contribution in [1.82, 2.24) is 0 Å². The van der Waals surface area contributed by atoms with E-state index in [0.717, 1.165) is 0 Å². The quantitative estimate of drug-likeness (QED) is 0.335. The van der Waals surface area contributed by atoms with Crippen LogP contribution in [0.15, 0.2) is 0 Å². The van der Waals surface area contributed by atoms with Crippen molar-refractivity contribution in [3.63, 3.8) is 0 Å². The Morgan fingerprint density at radius 2 is 1.69 bits per heavy atom. The summed E-state index contributed by atoms with van der Waals surface area (Å²) in [5.41, 5.74) is -2.97. The molecule has 0 N–H and O–H groups in total. The molecule has 9 heteroatoms. The van der Waals surface area contributed by atoms with Gasteiger partial charge in [-0.25, -0.2) is 12.8 Å². The summed E-state index contributed by atoms with van der Waals surface area (Å²) in [6, 6.07) is 0. The van der Waals surface area contributed by atoms with Crippen molar-refractivity contribution >= 4 is 10.1 Å². The van der Waals surface area contributed by atoms with E-state index in [9.17, 15) is 30.5 Å². The number of hydrogen-bond donors (Lipinski definition) is 0. The minimum Gasteiger partial charge on any atom is -0.746 e. The normalized spacial score (nSPS) is 14.8. The molecule has 13 heavy (non-hydrogen) atoms. The van der Waals surface area contributed by atoms with Gasteiger partial charge in [0.1, 0.15) is 10.1 Å². The maximum Gasteiger partial charge on any atom is 1.00 e. The molecule has 74 valence electrons. The summed E-state index contributed by atoms with van der Waals surface area (Å²) in [5.74, 6) is 0. The van der Waals surface area contributed by atoms with Gasteiger partial charge in [-0.15, -0.1) is 0 Å². The molecule has 0 radical (unpaired) electrons. The largest absolute Gasteiger partial charge is 1.00 e. The van der Waals surface area contributed by atoms with Gasteiger partial charge in [-0.3, -0.25) is 0 Å². The van der Waals surface area contributed by atoms with Crippen molar-refractivity contribution in [3.05, 3.63) is 0 Å². The molecule has 0 rings (SSSR count). The van der Waals surface area contributed by atoms with Crippen LogP contribution < -0.4 is 51.4 Å². The van der Waals surface area contributed by atoms with Gasteiger partial charge >= 0.3 is 57.6 Å². The summed E-state index contributed by atoms with van der Waals surface area (Å²) in [5, 5.41) is 0. The van der Waals surface area contributed by atoms with E-state index in [4.69, 9.17) is 0 Å². The fourth-order valence-electron chi connectivity index (χ4n) is 0.421. The molecule has 0 aliphatic rings. The van der Waals surface area contributed by atoms with Crippen molar-refractivity contribution in [2.75, 3.05) is 0 Å². The number of rotatable bonds is 3. The van der Waals surface area contributed by atoms with E-state index in [1.807, 2.05) is 0 Å². The van der Waals surface area contributed by atoms with Gasteiger partial charge in [0.15, 0.2) is 5.50 Å². The van der Waals surface area contributed by atoms with E-state index >= 15 is 0 Å². The minimum atomic E-state index is -5.24. The topological polar surface area (TPSA) is 57.2 Å². The van der Waals surface area contributed by atoms with Crippen LogP contribution in [0.4, 0.5) is 17.6 Å². The Hall–Kier alpha value is 1.27. The van der Waals surface area contributed by atoms with Crippen molar-refractivity contribution in [2.45, 2.75) is 24.5 Å². The number of hydrogen-bond acceptors (Lipinski definition) is 3. The molecule has 0 saturated carbocycles. The summed E-state index contributed by atoms with van der Waals surface area (Å²) in [6.45, 7) is 0. The summed E-state index contributed by atoms with van der Waals surface area (Å²) in [4.78, 5) is 0. The Balaban J connectivity index is 0. The molecule has 0 bridgehead atoms. The molecule has 0 aromatic carbocycles. The van der Waals surface area contributed by atoms with Crippen LogP contribution in [-0.2, 0) is 10.1 Å². The predicted molar refractivity (Wildman–Crippen MR) is 29.9 cm³/mol. The maximum absolute atomic E-state index is 12.0. The van der Waals surface area contributed by atoms with Crippen LogP contribution in [0, 0.1) is 0 Å². The Morgan fingerprint density at radius 1 is 1.31 bits per heavy atom. The third-order valence-corrected chi connectivity index (χ3v) is 1.83. The van der Waals surface area contributed by atoms with E-state index in [-0.39, 0.29) is 51.4 Å². The van der Waals surface area contributed by atoms with E-state index in [1.165, 1.54) is 0 Å². The smallest absolute Gasteiger partial charge is 0.746 e. The SMILES string of the molecule is O=S(=O)([O-])C(F)CCC(F)(F)F.[K+]. The van der Waals surface area contributed by atoms with Crippen LogP contribution in [0.2, 0.25) is 0 Å². The van der Waals surface area contributed by atoms with Crippen LogP contribution in [0.3, 0.4) is 0 Å². The number of halogens is 4. The van der Waals surface area contributed by atoms with Crippen LogP contribution >= 0.6 is 0 Å². The van der Waals surface area contributed by atoms with Gasteiger partial charge in [0.25, 0.3) is 0 Å². The molecule has 3 nitrogen and oxygen atoms in total. The molecule has 0 saturated heterocycles. The molecule has 0 aliphatic carbocycles. The first-order valence-corrected chi connectivity index (χ1v) is 4.25. The van der Waals surface area contributed by atoms with Crippen molar-refractivity contribution in [2.24, 2.45) is 0 Å². The molecule has 1 atom stereocenters. The molecule has 1 unspecified atom stereocenters. The van der Waals surface area contributed by atoms with Crippen LogP contribution in [0.5, 0.6) is 0 Å². The average Bonchev–Trinajstić information content (AvgIpc) is 1.78. The van der Waals surface area contributed by atoms with Gasteiger partial charge in [-0.1, -0.05) is 0 Å². The number of alkyl halides is 4. The Morgan fingerprint density at radius 3 is 1.92 bits per heavy atom. The van der Waals surface area contributed by atoms with Crippen LogP contribution in [0.25, 0.3) is 0 Å². The Kier molecular flexibility index (Phi) is 7.68. The summed E-state index contributed by atoms with van der Waals surface area (Å²) < 4.78 is 75.3. The first-order valence-electron chi connectivity index (χ1n) is 2.78. The van der Waals surface area contributed by atoms with Crippen molar-refractivity contribution in [1.29, 1.82) is 0 Å². The second-order valence-corrected chi connectivity index (χ2v) is 3.55. The Bertz CT molecular complexity index is 236. The van der Waals surface area contributed by atoms with E-state index < -0.39 is 34.6 Å². The fourth-order valence-corrected chi connectivity index (χ4v) is 0.828. The van der Waals surface area contributed by atoms with Gasteiger partial charge in [0.05, 0.1) is 0 Å². The predicted octanol–water partition coefficient (Wildman–Crippen LogP) is -1.83. The molecule has 0 aromatic heterocycles. The van der Waals surface area contributed by atoms with Gasteiger partial charge in [-0.05, 0) is 0 Å². The van der Waals surface area contributed by atoms with Gasteiger partial charge in [-0.2, -0.15) is 13.2 Å². The fraction of sp³-hybridized carbons (Fsp3) is 1.00. The second kappa shape index (κ2) is 5.98. The minimum absolute atomic E-state index is 0. The summed E-state index contributed by atoms with van der Waals surface area (Å²) >= 11 is 0. The molecular formula is C4H5F4KO3S. The Labute approximate surface area is 115 Å².